The van der Waals surface area contributed by atoms with Crippen molar-refractivity contribution >= 4 is 40.0 Å². The van der Waals surface area contributed by atoms with Gasteiger partial charge in [0, 0.05) is 25.7 Å². The number of hydrogen-bond donors (Lipinski definition) is 3. The minimum atomic E-state index is -3.24. The minimum Gasteiger partial charge on any atom is -0.357 e. The average Bonchev–Trinajstić information content (AvgIpc) is 2.69. The van der Waals surface area contributed by atoms with Crippen molar-refractivity contribution in [1.29, 1.82) is 0 Å². The molecule has 2 rings (SSSR count). The van der Waals surface area contributed by atoms with Gasteiger partial charge in [-0.15, -0.1) is 24.0 Å². The van der Waals surface area contributed by atoms with E-state index < -0.39 is 10.0 Å². The lowest BCUT2D eigenvalue weighted by Gasteiger charge is -2.32. The Bertz CT molecular complexity index is 717. The molecule has 0 aromatic heterocycles. The highest BCUT2D eigenvalue weighted by Gasteiger charge is 2.19. The molecule has 1 heterocycles. The number of benzene rings is 1. The second kappa shape index (κ2) is 13.4. The van der Waals surface area contributed by atoms with Gasteiger partial charge in [0.25, 0.3) is 0 Å². The molecule has 1 saturated heterocycles. The molecule has 0 bridgehead atoms. The summed E-state index contributed by atoms with van der Waals surface area (Å²) in [6, 6.07) is 8.04. The van der Waals surface area contributed by atoms with E-state index in [0.717, 1.165) is 49.6 Å². The number of hydrogen-bond acceptors (Lipinski definition) is 4. The van der Waals surface area contributed by atoms with Crippen LogP contribution in [0.4, 0.5) is 0 Å². The van der Waals surface area contributed by atoms with Crippen LogP contribution in [0.3, 0.4) is 0 Å². The van der Waals surface area contributed by atoms with E-state index in [0.29, 0.717) is 12.6 Å². The molecule has 7 nitrogen and oxygen atoms in total. The lowest BCUT2D eigenvalue weighted by molar-refractivity contribution is 0.206. The number of sulfonamides is 1. The molecule has 166 valence electrons. The normalized spacial score (nSPS) is 16.3. The molecule has 0 unspecified atom stereocenters. The van der Waals surface area contributed by atoms with Crippen molar-refractivity contribution in [3.63, 3.8) is 0 Å². The van der Waals surface area contributed by atoms with Gasteiger partial charge < -0.3 is 15.5 Å². The van der Waals surface area contributed by atoms with Crippen LogP contribution in [0.1, 0.15) is 44.2 Å². The third-order valence-electron chi connectivity index (χ3n) is 4.92. The van der Waals surface area contributed by atoms with Gasteiger partial charge in [0.05, 0.1) is 12.3 Å². The molecule has 0 amide bonds. The Balaban J connectivity index is 0.00000420. The zero-order valence-corrected chi connectivity index (χ0v) is 20.9. The third-order valence-corrected chi connectivity index (χ3v) is 6.26. The smallest absolute Gasteiger partial charge is 0.215 e. The van der Waals surface area contributed by atoms with Crippen molar-refractivity contribution in [2.45, 2.75) is 51.4 Å². The largest absolute Gasteiger partial charge is 0.357 e. The standard InChI is InChI=1S/C20H35N5O2S.HI/c1-4-12-25-13-10-19(11-14-25)24-20(22-5-2)23-15-17-6-8-18(9-7-17)16-28(26,27)21-3;/h6-9,19,21H,4-5,10-16H2,1-3H3,(H2,22,23,24);1H. The second-order valence-electron chi connectivity index (χ2n) is 7.24. The van der Waals surface area contributed by atoms with E-state index in [1.807, 2.05) is 24.3 Å². The van der Waals surface area contributed by atoms with Crippen molar-refractivity contribution in [3.05, 3.63) is 35.4 Å². The molecular formula is C20H36IN5O2S. The van der Waals surface area contributed by atoms with Crippen LogP contribution in [-0.4, -0.2) is 58.5 Å². The summed E-state index contributed by atoms with van der Waals surface area (Å²) in [5, 5.41) is 6.89. The Hall–Kier alpha value is -0.910. The van der Waals surface area contributed by atoms with Crippen LogP contribution in [0, 0.1) is 0 Å². The number of guanidine groups is 1. The maximum atomic E-state index is 11.6. The summed E-state index contributed by atoms with van der Waals surface area (Å²) in [5.74, 6) is 0.840. The fourth-order valence-electron chi connectivity index (χ4n) is 3.33. The molecule has 1 fully saturated rings. The number of halogens is 1. The highest BCUT2D eigenvalue weighted by molar-refractivity contribution is 14.0. The van der Waals surface area contributed by atoms with Crippen molar-refractivity contribution in [3.8, 4) is 0 Å². The van der Waals surface area contributed by atoms with E-state index in [9.17, 15) is 8.42 Å². The van der Waals surface area contributed by atoms with Crippen LogP contribution in [0.5, 0.6) is 0 Å². The Morgan fingerprint density at radius 2 is 1.76 bits per heavy atom. The van der Waals surface area contributed by atoms with E-state index in [-0.39, 0.29) is 29.7 Å². The highest BCUT2D eigenvalue weighted by atomic mass is 127. The van der Waals surface area contributed by atoms with Gasteiger partial charge in [-0.3, -0.25) is 0 Å². The zero-order chi connectivity index (χ0) is 20.4. The fourth-order valence-corrected chi connectivity index (χ4v) is 4.11. The molecule has 1 aromatic rings. The molecule has 1 aliphatic rings. The molecule has 3 N–H and O–H groups in total. The van der Waals surface area contributed by atoms with Gasteiger partial charge in [-0.25, -0.2) is 18.1 Å². The van der Waals surface area contributed by atoms with Crippen LogP contribution in [-0.2, 0) is 22.3 Å². The Labute approximate surface area is 193 Å². The molecular weight excluding hydrogens is 501 g/mol. The Kier molecular flexibility index (Phi) is 12.1. The monoisotopic (exact) mass is 537 g/mol. The average molecular weight is 538 g/mol. The summed E-state index contributed by atoms with van der Waals surface area (Å²) in [5.41, 5.74) is 1.83. The predicted octanol–water partition coefficient (Wildman–Crippen LogP) is 2.28. The van der Waals surface area contributed by atoms with Crippen molar-refractivity contribution < 1.29 is 8.42 Å². The van der Waals surface area contributed by atoms with Gasteiger partial charge in [-0.05, 0) is 50.9 Å². The van der Waals surface area contributed by atoms with Crippen molar-refractivity contribution in [2.24, 2.45) is 4.99 Å². The summed E-state index contributed by atoms with van der Waals surface area (Å²) in [6.45, 7) is 9.14. The fraction of sp³-hybridized carbons (Fsp3) is 0.650. The SMILES string of the molecule is CCCN1CCC(NC(=NCc2ccc(CS(=O)(=O)NC)cc2)NCC)CC1.I. The maximum Gasteiger partial charge on any atom is 0.215 e. The predicted molar refractivity (Wildman–Crippen MR) is 131 cm³/mol. The van der Waals surface area contributed by atoms with Crippen LogP contribution in [0.2, 0.25) is 0 Å². The molecule has 1 aromatic carbocycles. The van der Waals surface area contributed by atoms with E-state index in [1.165, 1.54) is 20.0 Å². The number of likely N-dealkylation sites (tertiary alicyclic amines) is 1. The first-order chi connectivity index (χ1) is 13.5. The molecule has 0 saturated carbocycles. The van der Waals surface area contributed by atoms with Crippen LogP contribution in [0.15, 0.2) is 29.3 Å². The Morgan fingerprint density at radius 3 is 2.31 bits per heavy atom. The topological polar surface area (TPSA) is 85.8 Å². The van der Waals surface area contributed by atoms with E-state index in [4.69, 9.17) is 4.99 Å². The van der Waals surface area contributed by atoms with Gasteiger partial charge in [-0.2, -0.15) is 0 Å². The lowest BCUT2D eigenvalue weighted by atomic mass is 10.1. The summed E-state index contributed by atoms with van der Waals surface area (Å²) < 4.78 is 25.6. The molecule has 0 spiro atoms. The van der Waals surface area contributed by atoms with E-state index in [1.54, 1.807) is 0 Å². The van der Waals surface area contributed by atoms with Gasteiger partial charge in [0.15, 0.2) is 5.96 Å². The summed E-state index contributed by atoms with van der Waals surface area (Å²) in [6.07, 6.45) is 3.49. The van der Waals surface area contributed by atoms with E-state index in [2.05, 4.69) is 34.1 Å². The first-order valence-electron chi connectivity index (χ1n) is 10.2. The molecule has 29 heavy (non-hydrogen) atoms. The quantitative estimate of drug-likeness (QED) is 0.256. The van der Waals surface area contributed by atoms with Crippen LogP contribution >= 0.6 is 24.0 Å². The summed E-state index contributed by atoms with van der Waals surface area (Å²) >= 11 is 0. The first-order valence-corrected chi connectivity index (χ1v) is 11.9. The minimum absolute atomic E-state index is 0. The third kappa shape index (κ3) is 9.63. The molecule has 0 radical (unpaired) electrons. The second-order valence-corrected chi connectivity index (χ2v) is 9.16. The number of aliphatic imine (C=N–C) groups is 1. The lowest BCUT2D eigenvalue weighted by Crippen LogP contribution is -2.48. The van der Waals surface area contributed by atoms with Gasteiger partial charge in [-0.1, -0.05) is 31.2 Å². The number of piperidine rings is 1. The summed E-state index contributed by atoms with van der Waals surface area (Å²) in [7, 11) is -1.81. The van der Waals surface area contributed by atoms with Crippen molar-refractivity contribution in [2.75, 3.05) is 33.2 Å². The number of nitrogens with zero attached hydrogens (tertiary/aromatic N) is 2. The maximum absolute atomic E-state index is 11.6. The van der Waals surface area contributed by atoms with Crippen LogP contribution < -0.4 is 15.4 Å². The van der Waals surface area contributed by atoms with Gasteiger partial charge in [0.2, 0.25) is 10.0 Å². The van der Waals surface area contributed by atoms with Crippen LogP contribution in [0.25, 0.3) is 0 Å². The summed E-state index contributed by atoms with van der Waals surface area (Å²) in [4.78, 5) is 7.23. The molecule has 0 aliphatic carbocycles. The molecule has 9 heteroatoms. The zero-order valence-electron chi connectivity index (χ0n) is 17.8. The van der Waals surface area contributed by atoms with E-state index >= 15 is 0 Å². The number of rotatable bonds is 9. The first kappa shape index (κ1) is 26.1. The molecule has 0 atom stereocenters. The molecule has 1 aliphatic heterocycles. The number of nitrogens with one attached hydrogen (secondary N) is 3. The Morgan fingerprint density at radius 1 is 1.14 bits per heavy atom. The van der Waals surface area contributed by atoms with Gasteiger partial charge >= 0.3 is 0 Å². The highest BCUT2D eigenvalue weighted by Crippen LogP contribution is 2.11. The van der Waals surface area contributed by atoms with Gasteiger partial charge in [0.1, 0.15) is 0 Å². The van der Waals surface area contributed by atoms with Crippen molar-refractivity contribution in [1.82, 2.24) is 20.3 Å².